The van der Waals surface area contributed by atoms with Crippen molar-refractivity contribution < 1.29 is 47.9 Å². The zero-order valence-corrected chi connectivity index (χ0v) is 23.8. The number of carbonyl (C=O) groups excluding carboxylic acids is 1. The van der Waals surface area contributed by atoms with Crippen LogP contribution >= 0.6 is 0 Å². The summed E-state index contributed by atoms with van der Waals surface area (Å²) in [6.45, 7) is 6.35. The molecule has 1 N–H and O–H groups in total. The standard InChI is InChI=1S/C25H29N5O4S.Na/c1-17-14-18(2)24(19(3)15-17)35(33,34)30(16-23(31)32)21-8-6-20(7-9-21)27-22-10-11-26-25(28-22)29-12-4-5-13-29;/h6-11,14-15H,4-5,12-13,16H2,1-3H3,(H,31,32)(H,26,27,28);/q;+1/p-1. The van der Waals surface area contributed by atoms with E-state index in [4.69, 9.17) is 0 Å². The van der Waals surface area contributed by atoms with Crippen molar-refractivity contribution in [3.8, 4) is 0 Å². The third kappa shape index (κ3) is 6.18. The summed E-state index contributed by atoms with van der Waals surface area (Å²) in [7, 11) is -4.15. The molecule has 1 aromatic heterocycles. The predicted octanol–water partition coefficient (Wildman–Crippen LogP) is -0.305. The number of anilines is 4. The molecule has 4 rings (SSSR count). The molecule has 1 fully saturated rings. The number of nitrogens with one attached hydrogen (secondary N) is 1. The SMILES string of the molecule is Cc1cc(C)c(S(=O)(=O)N(CC(=O)[O-])c2ccc(Nc3ccnc(N4CCCC4)n3)cc2)c(C)c1.[Na+]. The number of sulfonamides is 1. The van der Waals surface area contributed by atoms with Crippen molar-refractivity contribution >= 4 is 39.1 Å². The van der Waals surface area contributed by atoms with Gasteiger partial charge in [0.05, 0.1) is 23.1 Å². The van der Waals surface area contributed by atoms with Crippen molar-refractivity contribution in [1.29, 1.82) is 0 Å². The first kappa shape index (κ1) is 27.9. The first-order valence-corrected chi connectivity index (χ1v) is 12.8. The van der Waals surface area contributed by atoms with Gasteiger partial charge in [0.15, 0.2) is 0 Å². The Bertz CT molecular complexity index is 1320. The Balaban J connectivity index is 0.00000361. The maximum atomic E-state index is 13.6. The number of nitrogens with zero attached hydrogens (tertiary/aromatic N) is 4. The minimum absolute atomic E-state index is 0. The van der Waals surface area contributed by atoms with Crippen LogP contribution in [-0.2, 0) is 14.8 Å². The Morgan fingerprint density at radius 2 is 1.67 bits per heavy atom. The largest absolute Gasteiger partial charge is 1.00 e. The van der Waals surface area contributed by atoms with E-state index >= 15 is 0 Å². The first-order valence-electron chi connectivity index (χ1n) is 11.4. The van der Waals surface area contributed by atoms with Crippen LogP contribution in [0.15, 0.2) is 53.6 Å². The number of carboxylic acid groups (broad SMARTS) is 1. The molecule has 9 nitrogen and oxygen atoms in total. The average molecular weight is 518 g/mol. The molecule has 0 atom stereocenters. The fraction of sp³-hybridized carbons (Fsp3) is 0.320. The van der Waals surface area contributed by atoms with E-state index in [2.05, 4.69) is 20.2 Å². The van der Waals surface area contributed by atoms with Gasteiger partial charge in [0, 0.05) is 25.0 Å². The fourth-order valence-corrected chi connectivity index (χ4v) is 6.29. The Labute approximate surface area is 233 Å². The van der Waals surface area contributed by atoms with Crippen LogP contribution in [0.2, 0.25) is 0 Å². The maximum absolute atomic E-state index is 13.6. The van der Waals surface area contributed by atoms with E-state index in [1.165, 1.54) is 0 Å². The van der Waals surface area contributed by atoms with Crippen LogP contribution in [0.1, 0.15) is 29.5 Å². The summed E-state index contributed by atoms with van der Waals surface area (Å²) in [5.74, 6) is -0.215. The van der Waals surface area contributed by atoms with Crippen molar-refractivity contribution in [3.63, 3.8) is 0 Å². The molecule has 1 aliphatic heterocycles. The smallest absolute Gasteiger partial charge is 0.548 e. The second kappa shape index (κ2) is 11.6. The van der Waals surface area contributed by atoms with Gasteiger partial charge < -0.3 is 20.1 Å². The van der Waals surface area contributed by atoms with Crippen molar-refractivity contribution in [3.05, 3.63) is 65.4 Å². The summed E-state index contributed by atoms with van der Waals surface area (Å²) in [6, 6.07) is 11.8. The van der Waals surface area contributed by atoms with Crippen LogP contribution in [-0.4, -0.2) is 44.0 Å². The number of hydrogen-bond acceptors (Lipinski definition) is 8. The van der Waals surface area contributed by atoms with Crippen LogP contribution in [0.3, 0.4) is 0 Å². The number of rotatable bonds is 8. The minimum atomic E-state index is -4.15. The van der Waals surface area contributed by atoms with Crippen LogP contribution in [0.5, 0.6) is 0 Å². The van der Waals surface area contributed by atoms with E-state index in [0.717, 1.165) is 35.8 Å². The van der Waals surface area contributed by atoms with Gasteiger partial charge in [-0.05, 0) is 75.1 Å². The van der Waals surface area contributed by atoms with E-state index in [9.17, 15) is 18.3 Å². The predicted molar refractivity (Wildman–Crippen MR) is 133 cm³/mol. The number of hydrogen-bond donors (Lipinski definition) is 1. The normalized spacial score (nSPS) is 13.2. The summed E-state index contributed by atoms with van der Waals surface area (Å²) in [5.41, 5.74) is 2.94. The fourth-order valence-electron chi connectivity index (χ4n) is 4.46. The molecular formula is C25H28N5NaO4S. The van der Waals surface area contributed by atoms with E-state index in [0.29, 0.717) is 28.6 Å². The molecule has 1 saturated heterocycles. The van der Waals surface area contributed by atoms with Gasteiger partial charge in [0.2, 0.25) is 5.95 Å². The summed E-state index contributed by atoms with van der Waals surface area (Å²) in [4.78, 5) is 22.6. The molecule has 0 amide bonds. The van der Waals surface area contributed by atoms with Crippen LogP contribution < -0.4 is 49.2 Å². The Hall–Kier alpha value is -2.66. The second-order valence-electron chi connectivity index (χ2n) is 8.72. The van der Waals surface area contributed by atoms with Crippen molar-refractivity contribution in [2.45, 2.75) is 38.5 Å². The third-order valence-electron chi connectivity index (χ3n) is 5.88. The summed E-state index contributed by atoms with van der Waals surface area (Å²) >= 11 is 0. The Kier molecular flexibility index (Phi) is 8.99. The van der Waals surface area contributed by atoms with E-state index in [1.807, 2.05) is 6.92 Å². The quantitative estimate of drug-likeness (QED) is 0.405. The van der Waals surface area contributed by atoms with Crippen LogP contribution in [0, 0.1) is 20.8 Å². The Morgan fingerprint density at radius 3 is 2.25 bits per heavy atom. The van der Waals surface area contributed by atoms with Gasteiger partial charge in [0.25, 0.3) is 10.0 Å². The van der Waals surface area contributed by atoms with E-state index in [-0.39, 0.29) is 40.1 Å². The molecule has 0 bridgehead atoms. The molecule has 0 saturated carbocycles. The molecule has 2 heterocycles. The zero-order chi connectivity index (χ0) is 25.2. The van der Waals surface area contributed by atoms with Gasteiger partial charge in [-0.2, -0.15) is 4.98 Å². The molecule has 1 aliphatic rings. The van der Waals surface area contributed by atoms with Crippen molar-refractivity contribution in [1.82, 2.24) is 9.97 Å². The summed E-state index contributed by atoms with van der Waals surface area (Å²) < 4.78 is 28.0. The molecule has 0 unspecified atom stereocenters. The molecule has 0 radical (unpaired) electrons. The van der Waals surface area contributed by atoms with Gasteiger partial charge in [0.1, 0.15) is 5.82 Å². The monoisotopic (exact) mass is 517 g/mol. The number of carboxylic acids is 1. The number of carbonyl (C=O) groups is 1. The topological polar surface area (TPSA) is 119 Å². The van der Waals surface area contributed by atoms with Gasteiger partial charge in [-0.15, -0.1) is 0 Å². The van der Waals surface area contributed by atoms with Crippen LogP contribution in [0.25, 0.3) is 0 Å². The molecule has 0 spiro atoms. The van der Waals surface area contributed by atoms with Crippen molar-refractivity contribution in [2.24, 2.45) is 0 Å². The van der Waals surface area contributed by atoms with Gasteiger partial charge >= 0.3 is 29.6 Å². The van der Waals surface area contributed by atoms with E-state index in [1.54, 1.807) is 62.5 Å². The summed E-state index contributed by atoms with van der Waals surface area (Å²) in [6.07, 6.45) is 3.93. The van der Waals surface area contributed by atoms with Gasteiger partial charge in [-0.3, -0.25) is 4.31 Å². The van der Waals surface area contributed by atoms with E-state index < -0.39 is 22.5 Å². The maximum Gasteiger partial charge on any atom is 1.00 e. The number of aromatic nitrogens is 2. The number of benzene rings is 2. The molecular weight excluding hydrogens is 489 g/mol. The van der Waals surface area contributed by atoms with Gasteiger partial charge in [-0.25, -0.2) is 13.4 Å². The first-order chi connectivity index (χ1) is 16.6. The average Bonchev–Trinajstić information content (AvgIpc) is 3.32. The molecule has 0 aliphatic carbocycles. The number of aryl methyl sites for hydroxylation is 3. The molecule has 3 aromatic rings. The zero-order valence-electron chi connectivity index (χ0n) is 21.0. The second-order valence-corrected chi connectivity index (χ2v) is 10.5. The third-order valence-corrected chi connectivity index (χ3v) is 7.96. The van der Waals surface area contributed by atoms with Crippen LogP contribution in [0.4, 0.5) is 23.1 Å². The molecule has 36 heavy (non-hydrogen) atoms. The summed E-state index contributed by atoms with van der Waals surface area (Å²) in [5, 5.41) is 14.7. The molecule has 2 aromatic carbocycles. The number of aliphatic carboxylic acids is 1. The minimum Gasteiger partial charge on any atom is -0.548 e. The molecule has 11 heteroatoms. The van der Waals surface area contributed by atoms with Crippen molar-refractivity contribution in [2.75, 3.05) is 34.2 Å². The molecule has 184 valence electrons. The Morgan fingerprint density at radius 1 is 1.06 bits per heavy atom. The van der Waals surface area contributed by atoms with Gasteiger partial charge in [-0.1, -0.05) is 17.7 Å².